The van der Waals surface area contributed by atoms with Crippen LogP contribution in [-0.2, 0) is 14.3 Å². The number of rotatable bonds is 9. The molecule has 0 radical (unpaired) electrons. The van der Waals surface area contributed by atoms with Crippen LogP contribution in [0.15, 0.2) is 18.3 Å². The zero-order chi connectivity index (χ0) is 32.8. The number of nitrogens with zero attached hydrogens (tertiary/aromatic N) is 4. The first-order valence-electron chi connectivity index (χ1n) is 16.6. The number of piperazine rings is 1. The number of anilines is 1. The Morgan fingerprint density at radius 1 is 1.04 bits per heavy atom. The molecule has 2 atom stereocenters. The minimum absolute atomic E-state index is 0.0743. The van der Waals surface area contributed by atoms with Crippen molar-refractivity contribution in [1.29, 1.82) is 0 Å². The van der Waals surface area contributed by atoms with Gasteiger partial charge in [-0.1, -0.05) is 48.5 Å². The fourth-order valence-electron chi connectivity index (χ4n) is 8.19. The van der Waals surface area contributed by atoms with Gasteiger partial charge >= 0.3 is 0 Å². The molecule has 1 aromatic heterocycles. The Labute approximate surface area is 268 Å². The predicted octanol–water partition coefficient (Wildman–Crippen LogP) is 2.29. The molecule has 0 aromatic carbocycles. The second-order valence-electron chi connectivity index (χ2n) is 16.5. The molecule has 250 valence electrons. The summed E-state index contributed by atoms with van der Waals surface area (Å²) in [6, 6.07) is 3.28. The third-order valence-electron chi connectivity index (χ3n) is 10.3. The summed E-state index contributed by atoms with van der Waals surface area (Å²) < 4.78 is 5.61. The van der Waals surface area contributed by atoms with E-state index in [2.05, 4.69) is 53.1 Å². The molecular weight excluding hydrogens is 572 g/mol. The monoisotopic (exact) mass is 626 g/mol. The molecule has 4 aliphatic rings. The fourth-order valence-corrected chi connectivity index (χ4v) is 8.19. The molecule has 0 bridgehead atoms. The van der Waals surface area contributed by atoms with Crippen LogP contribution in [0.3, 0.4) is 0 Å². The predicted molar refractivity (Wildman–Crippen MR) is 173 cm³/mol. The van der Waals surface area contributed by atoms with Crippen molar-refractivity contribution in [2.45, 2.75) is 85.9 Å². The van der Waals surface area contributed by atoms with Crippen LogP contribution in [0.2, 0.25) is 0 Å². The zero-order valence-electron chi connectivity index (χ0n) is 28.3. The molecule has 4 fully saturated rings. The first kappa shape index (κ1) is 33.6. The molecule has 11 nitrogen and oxygen atoms in total. The lowest BCUT2D eigenvalue weighted by molar-refractivity contribution is -0.152. The van der Waals surface area contributed by atoms with Gasteiger partial charge in [0.25, 0.3) is 5.91 Å². The van der Waals surface area contributed by atoms with Gasteiger partial charge in [-0.3, -0.25) is 19.3 Å². The quantitative estimate of drug-likeness (QED) is 0.381. The maximum atomic E-state index is 13.3. The molecule has 0 spiro atoms. The van der Waals surface area contributed by atoms with E-state index in [0.717, 1.165) is 45.0 Å². The minimum atomic E-state index is -0.654. The van der Waals surface area contributed by atoms with Crippen LogP contribution in [0.25, 0.3) is 0 Å². The maximum absolute atomic E-state index is 13.3. The third-order valence-corrected chi connectivity index (χ3v) is 10.3. The van der Waals surface area contributed by atoms with Crippen molar-refractivity contribution >= 4 is 23.5 Å². The number of aliphatic hydroxyl groups is 1. The van der Waals surface area contributed by atoms with Crippen LogP contribution in [0.1, 0.15) is 78.1 Å². The summed E-state index contributed by atoms with van der Waals surface area (Å²) in [6.07, 6.45) is 3.13. The number of hydrogen-bond acceptors (Lipinski definition) is 8. The topological polar surface area (TPSA) is 127 Å². The summed E-state index contributed by atoms with van der Waals surface area (Å²) in [4.78, 5) is 50.5. The normalized spacial score (nSPS) is 25.2. The van der Waals surface area contributed by atoms with Crippen LogP contribution in [0, 0.1) is 21.7 Å². The summed E-state index contributed by atoms with van der Waals surface area (Å²) >= 11 is 0. The number of aliphatic hydroxyl groups excluding tert-OH is 1. The van der Waals surface area contributed by atoms with E-state index in [-0.39, 0.29) is 40.0 Å². The van der Waals surface area contributed by atoms with Gasteiger partial charge in [-0.2, -0.15) is 0 Å². The van der Waals surface area contributed by atoms with Crippen LogP contribution in [0.4, 0.5) is 5.82 Å². The lowest BCUT2D eigenvalue weighted by Crippen LogP contribution is -2.63. The Bertz CT molecular complexity index is 1230. The number of amides is 3. The average molecular weight is 627 g/mol. The molecule has 3 N–H and O–H groups in total. The van der Waals surface area contributed by atoms with Gasteiger partial charge in [-0.25, -0.2) is 4.98 Å². The van der Waals surface area contributed by atoms with Crippen molar-refractivity contribution in [2.75, 3.05) is 63.9 Å². The standard InChI is InChI=1S/C34H54N6O5/c1-31(2,3)27(29(44)40-11-10-24(41)18-40)36-26(42)16-34(21-45-22-34)20-38-12-14-39(15-13-38)25-9-8-23(17-35-25)28(43)37-30-32(4,5)19-33(30,6)7/h8-9,17,24,27,30,41H,10-16,18-22H2,1-7H3,(H,36,42)(H,37,43)/t24-,27-/m1/s1. The molecule has 3 aliphatic heterocycles. The highest BCUT2D eigenvalue weighted by atomic mass is 16.5. The Kier molecular flexibility index (Phi) is 9.30. The van der Waals surface area contributed by atoms with E-state index in [1.807, 2.05) is 32.9 Å². The van der Waals surface area contributed by atoms with E-state index < -0.39 is 17.6 Å². The van der Waals surface area contributed by atoms with Gasteiger partial charge in [0.2, 0.25) is 11.8 Å². The van der Waals surface area contributed by atoms with Crippen LogP contribution < -0.4 is 15.5 Å². The van der Waals surface area contributed by atoms with Gasteiger partial charge in [0.15, 0.2) is 0 Å². The van der Waals surface area contributed by atoms with Crippen molar-refractivity contribution in [2.24, 2.45) is 21.7 Å². The van der Waals surface area contributed by atoms with Gasteiger partial charge in [0.1, 0.15) is 11.9 Å². The Balaban J connectivity index is 1.11. The largest absolute Gasteiger partial charge is 0.391 e. The number of β-amino-alcohol motifs (C(OH)–C–C–N with tert-alkyl or cyclic N) is 1. The number of likely N-dealkylation sites (tertiary alicyclic amines) is 1. The highest BCUT2D eigenvalue weighted by Gasteiger charge is 2.53. The second kappa shape index (κ2) is 12.4. The number of nitrogens with one attached hydrogen (secondary N) is 2. The lowest BCUT2D eigenvalue weighted by atomic mass is 9.52. The van der Waals surface area contributed by atoms with Crippen molar-refractivity contribution < 1.29 is 24.2 Å². The van der Waals surface area contributed by atoms with E-state index >= 15 is 0 Å². The Morgan fingerprint density at radius 2 is 1.71 bits per heavy atom. The van der Waals surface area contributed by atoms with E-state index in [0.29, 0.717) is 44.7 Å². The number of aromatic nitrogens is 1. The van der Waals surface area contributed by atoms with Gasteiger partial charge in [-0.15, -0.1) is 0 Å². The van der Waals surface area contributed by atoms with Crippen LogP contribution in [-0.4, -0.2) is 115 Å². The molecule has 1 aliphatic carbocycles. The second-order valence-corrected chi connectivity index (χ2v) is 16.5. The van der Waals surface area contributed by atoms with Crippen molar-refractivity contribution in [3.63, 3.8) is 0 Å². The minimum Gasteiger partial charge on any atom is -0.391 e. The fraction of sp³-hybridized carbons (Fsp3) is 0.765. The molecule has 3 amide bonds. The average Bonchev–Trinajstić information content (AvgIpc) is 3.38. The molecule has 4 heterocycles. The smallest absolute Gasteiger partial charge is 0.253 e. The third kappa shape index (κ3) is 7.46. The molecule has 45 heavy (non-hydrogen) atoms. The summed E-state index contributed by atoms with van der Waals surface area (Å²) in [5.41, 5.74) is 0.0209. The molecule has 5 rings (SSSR count). The number of carbonyl (C=O) groups excluding carboxylic acids is 3. The number of hydrogen-bond donors (Lipinski definition) is 3. The van der Waals surface area contributed by atoms with Crippen molar-refractivity contribution in [3.05, 3.63) is 23.9 Å². The molecular formula is C34H54N6O5. The molecule has 11 heteroatoms. The van der Waals surface area contributed by atoms with Gasteiger partial charge in [0.05, 0.1) is 24.9 Å². The molecule has 3 saturated heterocycles. The highest BCUT2D eigenvalue weighted by molar-refractivity contribution is 5.94. The van der Waals surface area contributed by atoms with E-state index in [1.165, 1.54) is 0 Å². The molecule has 0 unspecified atom stereocenters. The maximum Gasteiger partial charge on any atom is 0.253 e. The van der Waals surface area contributed by atoms with Crippen molar-refractivity contribution in [3.8, 4) is 0 Å². The molecule has 1 saturated carbocycles. The van der Waals surface area contributed by atoms with Gasteiger partial charge < -0.3 is 30.3 Å². The van der Waals surface area contributed by atoms with Crippen LogP contribution >= 0.6 is 0 Å². The van der Waals surface area contributed by atoms with Gasteiger partial charge in [-0.05, 0) is 41.2 Å². The van der Waals surface area contributed by atoms with E-state index in [1.54, 1.807) is 11.1 Å². The van der Waals surface area contributed by atoms with Gasteiger partial charge in [0, 0.05) is 69.9 Å². The SMILES string of the molecule is CC1(C)CC(C)(C)C1NC(=O)c1ccc(N2CCN(CC3(CC(=O)N[C@H](C(=O)N4CC[C@@H](O)C4)C(C)(C)C)COC3)CC2)nc1. The van der Waals surface area contributed by atoms with Crippen molar-refractivity contribution in [1.82, 2.24) is 25.4 Å². The number of ether oxygens (including phenoxy) is 1. The Morgan fingerprint density at radius 3 is 2.20 bits per heavy atom. The summed E-state index contributed by atoms with van der Waals surface area (Å²) in [7, 11) is 0. The first-order chi connectivity index (χ1) is 21.0. The number of pyridine rings is 1. The van der Waals surface area contributed by atoms with E-state index in [9.17, 15) is 19.5 Å². The highest BCUT2D eigenvalue weighted by Crippen LogP contribution is 2.53. The van der Waals surface area contributed by atoms with Crippen LogP contribution in [0.5, 0.6) is 0 Å². The summed E-state index contributed by atoms with van der Waals surface area (Å²) in [6.45, 7) is 20.6. The summed E-state index contributed by atoms with van der Waals surface area (Å²) in [5, 5.41) is 16.2. The lowest BCUT2D eigenvalue weighted by Gasteiger charge is -2.57. The van der Waals surface area contributed by atoms with E-state index in [4.69, 9.17) is 4.74 Å². The molecule has 1 aromatic rings. The first-order valence-corrected chi connectivity index (χ1v) is 16.6. The zero-order valence-corrected chi connectivity index (χ0v) is 28.3. The Hall–Kier alpha value is -2.76. The summed E-state index contributed by atoms with van der Waals surface area (Å²) in [5.74, 6) is 0.522. The number of carbonyl (C=O) groups is 3.